The van der Waals surface area contributed by atoms with E-state index < -0.39 is 15.9 Å². The zero-order valence-corrected chi connectivity index (χ0v) is 17.8. The van der Waals surface area contributed by atoms with Crippen molar-refractivity contribution in [1.82, 2.24) is 0 Å². The van der Waals surface area contributed by atoms with E-state index in [0.717, 1.165) is 5.56 Å². The topological polar surface area (TPSA) is 108 Å². The molecule has 1 amide bonds. The first kappa shape index (κ1) is 22.2. The van der Waals surface area contributed by atoms with E-state index in [1.54, 1.807) is 54.6 Å². The van der Waals surface area contributed by atoms with Gasteiger partial charge in [-0.1, -0.05) is 41.9 Å². The number of ether oxygens (including phenoxy) is 1. The summed E-state index contributed by atoms with van der Waals surface area (Å²) in [4.78, 5) is 12.1. The molecular formula is C22H18ClN3O4S. The molecule has 0 aromatic heterocycles. The number of anilines is 2. The molecule has 31 heavy (non-hydrogen) atoms. The van der Waals surface area contributed by atoms with Gasteiger partial charge in [0.25, 0.3) is 15.9 Å². The molecule has 0 bridgehead atoms. The van der Waals surface area contributed by atoms with Gasteiger partial charge in [-0.05, 0) is 48.0 Å². The second kappa shape index (κ2) is 9.98. The average molecular weight is 456 g/mol. The molecule has 0 saturated heterocycles. The van der Waals surface area contributed by atoms with Crippen molar-refractivity contribution >= 4 is 38.9 Å². The molecule has 2 N–H and O–H groups in total. The summed E-state index contributed by atoms with van der Waals surface area (Å²) >= 11 is 6.15. The van der Waals surface area contributed by atoms with E-state index in [0.29, 0.717) is 17.8 Å². The Morgan fingerprint density at radius 3 is 2.35 bits per heavy atom. The lowest BCUT2D eigenvalue weighted by Gasteiger charge is -2.11. The summed E-state index contributed by atoms with van der Waals surface area (Å²) in [6.45, 7) is -0.311. The minimum Gasteiger partial charge on any atom is -0.482 e. The average Bonchev–Trinajstić information content (AvgIpc) is 2.75. The minimum atomic E-state index is -3.82. The van der Waals surface area contributed by atoms with Crippen molar-refractivity contribution in [3.63, 3.8) is 0 Å². The Bertz CT molecular complexity index is 1210. The van der Waals surface area contributed by atoms with Gasteiger partial charge in [0.1, 0.15) is 5.75 Å². The number of amides is 1. The van der Waals surface area contributed by atoms with Crippen molar-refractivity contribution in [3.05, 3.63) is 83.4 Å². The van der Waals surface area contributed by atoms with Crippen LogP contribution in [0.2, 0.25) is 5.02 Å². The lowest BCUT2D eigenvalue weighted by molar-refractivity contribution is -0.118. The molecule has 0 atom stereocenters. The van der Waals surface area contributed by atoms with Crippen molar-refractivity contribution in [2.45, 2.75) is 11.3 Å². The molecule has 0 saturated carbocycles. The molecule has 0 fully saturated rings. The van der Waals surface area contributed by atoms with Crippen molar-refractivity contribution < 1.29 is 17.9 Å². The minimum absolute atomic E-state index is 0.0318. The Hall–Kier alpha value is -3.54. The zero-order valence-electron chi connectivity index (χ0n) is 16.2. The molecular weight excluding hydrogens is 438 g/mol. The van der Waals surface area contributed by atoms with E-state index >= 15 is 0 Å². The fraction of sp³-hybridized carbons (Fsp3) is 0.0909. The summed E-state index contributed by atoms with van der Waals surface area (Å²) in [6.07, 6.45) is 0.294. The van der Waals surface area contributed by atoms with Gasteiger partial charge < -0.3 is 10.1 Å². The standard InChI is InChI=1S/C22H18ClN3O4S/c23-20-14-19(31(28,29)26-18-4-2-1-3-5-18)10-11-21(20)30-15-22(27)25-17-8-6-16(7-9-17)12-13-24/h1-11,14,26H,12,15H2,(H,25,27). The molecule has 0 heterocycles. The summed E-state index contributed by atoms with van der Waals surface area (Å²) in [5, 5.41) is 11.4. The molecule has 3 aromatic carbocycles. The van der Waals surface area contributed by atoms with E-state index in [1.807, 2.05) is 0 Å². The fourth-order valence-electron chi connectivity index (χ4n) is 2.62. The Morgan fingerprint density at radius 1 is 1.00 bits per heavy atom. The molecule has 0 aliphatic carbocycles. The number of hydrogen-bond acceptors (Lipinski definition) is 5. The maximum Gasteiger partial charge on any atom is 0.262 e. The highest BCUT2D eigenvalue weighted by Gasteiger charge is 2.17. The van der Waals surface area contributed by atoms with Crippen LogP contribution in [0.25, 0.3) is 0 Å². The summed E-state index contributed by atoms with van der Waals surface area (Å²) < 4.78 is 32.9. The van der Waals surface area contributed by atoms with Crippen molar-refractivity contribution in [2.24, 2.45) is 0 Å². The SMILES string of the molecule is N#CCc1ccc(NC(=O)COc2ccc(S(=O)(=O)Nc3ccccc3)cc2Cl)cc1. The van der Waals surface area contributed by atoms with Crippen LogP contribution in [0.5, 0.6) is 5.75 Å². The number of hydrogen-bond donors (Lipinski definition) is 2. The number of carbonyl (C=O) groups excluding carboxylic acids is 1. The molecule has 0 spiro atoms. The maximum atomic E-state index is 12.5. The van der Waals surface area contributed by atoms with Gasteiger partial charge in [-0.2, -0.15) is 5.26 Å². The lowest BCUT2D eigenvalue weighted by Crippen LogP contribution is -2.20. The van der Waals surface area contributed by atoms with Crippen LogP contribution in [0.15, 0.2) is 77.7 Å². The van der Waals surface area contributed by atoms with Gasteiger partial charge in [0, 0.05) is 11.4 Å². The summed E-state index contributed by atoms with van der Waals surface area (Å²) in [7, 11) is -3.82. The number of nitriles is 1. The summed E-state index contributed by atoms with van der Waals surface area (Å²) in [6, 6.07) is 21.4. The predicted octanol–water partition coefficient (Wildman–Crippen LogP) is 4.22. The zero-order chi connectivity index (χ0) is 22.3. The second-order valence-corrected chi connectivity index (χ2v) is 8.52. The van der Waals surface area contributed by atoms with Crippen LogP contribution in [0.1, 0.15) is 5.56 Å². The normalized spacial score (nSPS) is 10.7. The highest BCUT2D eigenvalue weighted by atomic mass is 35.5. The van der Waals surface area contributed by atoms with Gasteiger partial charge in [-0.3, -0.25) is 9.52 Å². The quantitative estimate of drug-likeness (QED) is 0.528. The molecule has 0 aliphatic heterocycles. The Labute approximate surface area is 185 Å². The third-order valence-electron chi connectivity index (χ3n) is 4.12. The highest BCUT2D eigenvalue weighted by molar-refractivity contribution is 7.92. The van der Waals surface area contributed by atoms with Crippen LogP contribution in [0, 0.1) is 11.3 Å². The lowest BCUT2D eigenvalue weighted by atomic mass is 10.1. The number of sulfonamides is 1. The molecule has 0 aliphatic rings. The molecule has 158 valence electrons. The van der Waals surface area contributed by atoms with Crippen molar-refractivity contribution in [2.75, 3.05) is 16.6 Å². The number of rotatable bonds is 8. The van der Waals surface area contributed by atoms with Crippen LogP contribution >= 0.6 is 11.6 Å². The van der Waals surface area contributed by atoms with E-state index in [1.165, 1.54) is 18.2 Å². The van der Waals surface area contributed by atoms with E-state index in [-0.39, 0.29) is 22.3 Å². The number of para-hydroxylation sites is 1. The fourth-order valence-corrected chi connectivity index (χ4v) is 4.01. The molecule has 0 radical (unpaired) electrons. The van der Waals surface area contributed by atoms with Crippen LogP contribution in [-0.4, -0.2) is 20.9 Å². The molecule has 3 rings (SSSR count). The monoisotopic (exact) mass is 455 g/mol. The third kappa shape index (κ3) is 6.22. The third-order valence-corrected chi connectivity index (χ3v) is 5.79. The first-order valence-corrected chi connectivity index (χ1v) is 11.0. The van der Waals surface area contributed by atoms with E-state index in [2.05, 4.69) is 16.1 Å². The Balaban J connectivity index is 1.60. The van der Waals surface area contributed by atoms with Crippen LogP contribution in [-0.2, 0) is 21.2 Å². The largest absolute Gasteiger partial charge is 0.482 e. The maximum absolute atomic E-state index is 12.5. The van der Waals surface area contributed by atoms with Gasteiger partial charge in [0.2, 0.25) is 0 Å². The van der Waals surface area contributed by atoms with Gasteiger partial charge in [-0.25, -0.2) is 8.42 Å². The van der Waals surface area contributed by atoms with E-state index in [4.69, 9.17) is 21.6 Å². The van der Waals surface area contributed by atoms with Crippen LogP contribution < -0.4 is 14.8 Å². The van der Waals surface area contributed by atoms with Gasteiger partial charge in [0.15, 0.2) is 6.61 Å². The van der Waals surface area contributed by atoms with Gasteiger partial charge in [0.05, 0.1) is 22.4 Å². The highest BCUT2D eigenvalue weighted by Crippen LogP contribution is 2.28. The molecule has 7 nitrogen and oxygen atoms in total. The number of carbonyl (C=O) groups is 1. The van der Waals surface area contributed by atoms with E-state index in [9.17, 15) is 13.2 Å². The first-order chi connectivity index (χ1) is 14.9. The van der Waals surface area contributed by atoms with Gasteiger partial charge >= 0.3 is 0 Å². The molecule has 9 heteroatoms. The number of nitrogens with zero attached hydrogens (tertiary/aromatic N) is 1. The molecule has 3 aromatic rings. The number of nitrogens with one attached hydrogen (secondary N) is 2. The van der Waals surface area contributed by atoms with Gasteiger partial charge in [-0.15, -0.1) is 0 Å². The summed E-state index contributed by atoms with van der Waals surface area (Å²) in [5.41, 5.74) is 1.84. The Morgan fingerprint density at radius 2 is 1.71 bits per heavy atom. The van der Waals surface area contributed by atoms with Crippen molar-refractivity contribution in [3.8, 4) is 11.8 Å². The number of benzene rings is 3. The van der Waals surface area contributed by atoms with Crippen LogP contribution in [0.4, 0.5) is 11.4 Å². The predicted molar refractivity (Wildman–Crippen MR) is 119 cm³/mol. The van der Waals surface area contributed by atoms with Crippen LogP contribution in [0.3, 0.4) is 0 Å². The first-order valence-electron chi connectivity index (χ1n) is 9.13. The molecule has 0 unspecified atom stereocenters. The smallest absolute Gasteiger partial charge is 0.262 e. The second-order valence-electron chi connectivity index (χ2n) is 6.43. The van der Waals surface area contributed by atoms with Crippen molar-refractivity contribution in [1.29, 1.82) is 5.26 Å². The summed E-state index contributed by atoms with van der Waals surface area (Å²) in [5.74, 6) is -0.230. The Kier molecular flexibility index (Phi) is 7.13. The number of halogens is 1.